The van der Waals surface area contributed by atoms with Gasteiger partial charge < -0.3 is 10.1 Å². The first kappa shape index (κ1) is 13.1. The van der Waals surface area contributed by atoms with E-state index in [-0.39, 0.29) is 0 Å². The van der Waals surface area contributed by atoms with Gasteiger partial charge in [0.05, 0.1) is 6.61 Å². The van der Waals surface area contributed by atoms with Crippen molar-refractivity contribution in [2.75, 3.05) is 6.61 Å². The molecule has 1 unspecified atom stereocenters. The van der Waals surface area contributed by atoms with Crippen LogP contribution in [-0.4, -0.2) is 11.6 Å². The molecule has 1 N–H and O–H groups in total. The van der Waals surface area contributed by atoms with Gasteiger partial charge in [0.1, 0.15) is 10.8 Å². The fourth-order valence-electron chi connectivity index (χ4n) is 2.31. The fourth-order valence-corrected chi connectivity index (χ4v) is 3.22. The minimum absolute atomic E-state index is 0.342. The molecule has 1 aromatic carbocycles. The summed E-state index contributed by atoms with van der Waals surface area (Å²) >= 11 is 5.19. The number of fused-ring (bicyclic) bond motifs is 1. The summed E-state index contributed by atoms with van der Waals surface area (Å²) in [5.74, 6) is 0.989. The molecule has 0 amide bonds. The highest BCUT2D eigenvalue weighted by atomic mass is 79.9. The first-order chi connectivity index (χ1) is 9.33. The number of nitrogens with zero attached hydrogens (tertiary/aromatic N) is 1. The molecular formula is C14H15BrN2OS. The molecule has 100 valence electrons. The molecule has 1 aliphatic rings. The topological polar surface area (TPSA) is 34.1 Å². The SMILES string of the molecule is Brc1ccc2c(c1)OCCCC2NCc1nccs1. The van der Waals surface area contributed by atoms with Gasteiger partial charge in [0, 0.05) is 34.2 Å². The highest BCUT2D eigenvalue weighted by Crippen LogP contribution is 2.33. The smallest absolute Gasteiger partial charge is 0.125 e. The lowest BCUT2D eigenvalue weighted by atomic mass is 10.0. The first-order valence-corrected chi connectivity index (χ1v) is 8.04. The van der Waals surface area contributed by atoms with E-state index in [0.29, 0.717) is 6.04 Å². The average molecular weight is 339 g/mol. The maximum atomic E-state index is 5.81. The van der Waals surface area contributed by atoms with Crippen LogP contribution in [0.1, 0.15) is 29.5 Å². The van der Waals surface area contributed by atoms with Crippen LogP contribution in [-0.2, 0) is 6.54 Å². The Morgan fingerprint density at radius 2 is 2.42 bits per heavy atom. The van der Waals surface area contributed by atoms with Crippen LogP contribution in [0.4, 0.5) is 0 Å². The van der Waals surface area contributed by atoms with Crippen LogP contribution < -0.4 is 10.1 Å². The number of rotatable bonds is 3. The Bertz CT molecular complexity index is 544. The van der Waals surface area contributed by atoms with Gasteiger partial charge in [-0.15, -0.1) is 11.3 Å². The molecule has 0 saturated heterocycles. The van der Waals surface area contributed by atoms with Crippen molar-refractivity contribution in [3.63, 3.8) is 0 Å². The molecule has 2 aromatic rings. The van der Waals surface area contributed by atoms with Gasteiger partial charge in [0.25, 0.3) is 0 Å². The second kappa shape index (κ2) is 6.03. The third-order valence-electron chi connectivity index (χ3n) is 3.23. The summed E-state index contributed by atoms with van der Waals surface area (Å²) in [6.07, 6.45) is 4.02. The summed E-state index contributed by atoms with van der Waals surface area (Å²) in [4.78, 5) is 4.31. The maximum absolute atomic E-state index is 5.81. The van der Waals surface area contributed by atoms with Crippen LogP contribution in [0.2, 0.25) is 0 Å². The van der Waals surface area contributed by atoms with E-state index in [1.807, 2.05) is 11.6 Å². The van der Waals surface area contributed by atoms with Crippen molar-refractivity contribution in [1.29, 1.82) is 0 Å². The Labute approximate surface area is 125 Å². The molecule has 1 aliphatic heterocycles. The quantitative estimate of drug-likeness (QED) is 0.921. The number of hydrogen-bond donors (Lipinski definition) is 1. The predicted molar refractivity (Wildman–Crippen MR) is 80.6 cm³/mol. The number of thiazole rings is 1. The van der Waals surface area contributed by atoms with Crippen LogP contribution in [0.3, 0.4) is 0 Å². The Morgan fingerprint density at radius 3 is 3.26 bits per heavy atom. The molecule has 0 aliphatic carbocycles. The third kappa shape index (κ3) is 3.16. The molecule has 19 heavy (non-hydrogen) atoms. The number of hydrogen-bond acceptors (Lipinski definition) is 4. The Kier molecular flexibility index (Phi) is 4.15. The van der Waals surface area contributed by atoms with Gasteiger partial charge >= 0.3 is 0 Å². The van der Waals surface area contributed by atoms with Crippen LogP contribution in [0.5, 0.6) is 5.75 Å². The molecular weight excluding hydrogens is 324 g/mol. The molecule has 0 radical (unpaired) electrons. The molecule has 3 nitrogen and oxygen atoms in total. The van der Waals surface area contributed by atoms with Crippen molar-refractivity contribution in [3.8, 4) is 5.75 Å². The molecule has 0 spiro atoms. The van der Waals surface area contributed by atoms with Crippen molar-refractivity contribution in [2.45, 2.75) is 25.4 Å². The van der Waals surface area contributed by atoms with E-state index in [2.05, 4.69) is 44.4 Å². The van der Waals surface area contributed by atoms with Gasteiger partial charge in [-0.1, -0.05) is 22.0 Å². The average Bonchev–Trinajstić information content (AvgIpc) is 2.84. The second-order valence-electron chi connectivity index (χ2n) is 4.53. The summed E-state index contributed by atoms with van der Waals surface area (Å²) in [5.41, 5.74) is 1.25. The second-order valence-corrected chi connectivity index (χ2v) is 6.43. The Balaban J connectivity index is 1.78. The zero-order chi connectivity index (χ0) is 13.1. The molecule has 3 rings (SSSR count). The number of ether oxygens (including phenoxy) is 1. The number of benzene rings is 1. The highest BCUT2D eigenvalue weighted by molar-refractivity contribution is 9.10. The molecule has 0 fully saturated rings. The van der Waals surface area contributed by atoms with Crippen molar-refractivity contribution >= 4 is 27.3 Å². The van der Waals surface area contributed by atoms with Crippen LogP contribution in [0.25, 0.3) is 0 Å². The van der Waals surface area contributed by atoms with E-state index in [4.69, 9.17) is 4.74 Å². The molecule has 5 heteroatoms. The van der Waals surface area contributed by atoms with Gasteiger partial charge in [-0.3, -0.25) is 0 Å². The number of nitrogens with one attached hydrogen (secondary N) is 1. The van der Waals surface area contributed by atoms with Gasteiger partial charge in [0.15, 0.2) is 0 Å². The van der Waals surface area contributed by atoms with E-state index in [1.165, 1.54) is 5.56 Å². The molecule has 0 saturated carbocycles. The van der Waals surface area contributed by atoms with E-state index in [1.54, 1.807) is 11.3 Å². The minimum Gasteiger partial charge on any atom is -0.493 e. The van der Waals surface area contributed by atoms with Gasteiger partial charge in [-0.25, -0.2) is 4.98 Å². The molecule has 0 bridgehead atoms. The zero-order valence-electron chi connectivity index (χ0n) is 10.4. The maximum Gasteiger partial charge on any atom is 0.125 e. The van der Waals surface area contributed by atoms with E-state index in [0.717, 1.165) is 41.2 Å². The molecule has 1 aromatic heterocycles. The van der Waals surface area contributed by atoms with Crippen molar-refractivity contribution in [2.24, 2.45) is 0 Å². The van der Waals surface area contributed by atoms with Crippen molar-refractivity contribution in [1.82, 2.24) is 10.3 Å². The van der Waals surface area contributed by atoms with Crippen molar-refractivity contribution in [3.05, 3.63) is 44.8 Å². The van der Waals surface area contributed by atoms with E-state index >= 15 is 0 Å². The molecule has 2 heterocycles. The van der Waals surface area contributed by atoms with Gasteiger partial charge in [-0.05, 0) is 25.0 Å². The highest BCUT2D eigenvalue weighted by Gasteiger charge is 2.19. The van der Waals surface area contributed by atoms with Crippen molar-refractivity contribution < 1.29 is 4.74 Å². The number of halogens is 1. The summed E-state index contributed by atoms with van der Waals surface area (Å²) < 4.78 is 6.88. The van der Waals surface area contributed by atoms with Gasteiger partial charge in [-0.2, -0.15) is 0 Å². The zero-order valence-corrected chi connectivity index (χ0v) is 12.8. The Hall–Kier alpha value is -0.910. The summed E-state index contributed by atoms with van der Waals surface area (Å²) in [6, 6.07) is 6.61. The van der Waals surface area contributed by atoms with E-state index in [9.17, 15) is 0 Å². The standard InChI is InChI=1S/C14H15BrN2OS/c15-10-3-4-11-12(2-1-6-18-13(11)8-10)17-9-14-16-5-7-19-14/h3-5,7-8,12,17H,1-2,6,9H2. The third-order valence-corrected chi connectivity index (χ3v) is 4.50. The van der Waals surface area contributed by atoms with Crippen LogP contribution in [0.15, 0.2) is 34.2 Å². The fraction of sp³-hybridized carbons (Fsp3) is 0.357. The van der Waals surface area contributed by atoms with Crippen LogP contribution in [0, 0.1) is 0 Å². The monoisotopic (exact) mass is 338 g/mol. The van der Waals surface area contributed by atoms with Crippen LogP contribution >= 0.6 is 27.3 Å². The summed E-state index contributed by atoms with van der Waals surface area (Å²) in [5, 5.41) is 6.73. The largest absolute Gasteiger partial charge is 0.493 e. The lowest BCUT2D eigenvalue weighted by molar-refractivity contribution is 0.315. The minimum atomic E-state index is 0.342. The summed E-state index contributed by atoms with van der Waals surface area (Å²) in [6.45, 7) is 1.61. The normalized spacial score (nSPS) is 18.5. The molecule has 1 atom stereocenters. The first-order valence-electron chi connectivity index (χ1n) is 6.37. The lowest BCUT2D eigenvalue weighted by Gasteiger charge is -2.18. The summed E-state index contributed by atoms with van der Waals surface area (Å²) in [7, 11) is 0. The number of aromatic nitrogens is 1. The lowest BCUT2D eigenvalue weighted by Crippen LogP contribution is -2.20. The predicted octanol–water partition coefficient (Wildman–Crippen LogP) is 3.91. The van der Waals surface area contributed by atoms with E-state index < -0.39 is 0 Å². The Morgan fingerprint density at radius 1 is 1.47 bits per heavy atom. The van der Waals surface area contributed by atoms with Gasteiger partial charge in [0.2, 0.25) is 0 Å².